The Morgan fingerprint density at radius 3 is 3.00 bits per heavy atom. The highest BCUT2D eigenvalue weighted by atomic mass is 79.9. The molecule has 1 heterocycles. The van der Waals surface area contributed by atoms with Gasteiger partial charge in [0.25, 0.3) is 0 Å². The van der Waals surface area contributed by atoms with Crippen molar-refractivity contribution in [2.45, 2.75) is 6.42 Å². The summed E-state index contributed by atoms with van der Waals surface area (Å²) in [4.78, 5) is 4.31. The first-order chi connectivity index (χ1) is 6.72. The molecule has 0 aliphatic heterocycles. The molecule has 0 bridgehead atoms. The lowest BCUT2D eigenvalue weighted by Crippen LogP contribution is -2.02. The fourth-order valence-electron chi connectivity index (χ4n) is 1.60. The van der Waals surface area contributed by atoms with Crippen molar-refractivity contribution >= 4 is 27.0 Å². The zero-order valence-corrected chi connectivity index (χ0v) is 9.58. The van der Waals surface area contributed by atoms with Gasteiger partial charge in [-0.3, -0.25) is 0 Å². The molecular weight excluding hydrogens is 242 g/mol. The molecule has 1 aromatic carbocycles. The molecule has 2 aromatic rings. The molecule has 4 heteroatoms. The lowest BCUT2D eigenvalue weighted by Gasteiger charge is -2.02. The molecule has 2 N–H and O–H groups in total. The molecule has 0 amide bonds. The maximum atomic E-state index is 5.52. The quantitative estimate of drug-likeness (QED) is 0.888. The van der Waals surface area contributed by atoms with Gasteiger partial charge < -0.3 is 10.3 Å². The Kier molecular flexibility index (Phi) is 2.56. The Labute approximate surface area is 91.1 Å². The normalized spacial score (nSPS) is 11.1. The third kappa shape index (κ3) is 1.55. The fourth-order valence-corrected chi connectivity index (χ4v) is 2.38. The van der Waals surface area contributed by atoms with Crippen LogP contribution in [0.15, 0.2) is 22.9 Å². The average Bonchev–Trinajstić information content (AvgIpc) is 2.48. The Bertz CT molecular complexity index is 462. The number of aryl methyl sites for hydroxylation is 1. The van der Waals surface area contributed by atoms with Crippen LogP contribution in [0, 0.1) is 0 Å². The molecule has 0 aliphatic rings. The second kappa shape index (κ2) is 3.71. The minimum absolute atomic E-state index is 0.671. The molecule has 0 atom stereocenters. The highest BCUT2D eigenvalue weighted by molar-refractivity contribution is 9.10. The number of rotatable bonds is 2. The molecule has 0 fully saturated rings. The van der Waals surface area contributed by atoms with E-state index in [1.165, 1.54) is 5.56 Å². The van der Waals surface area contributed by atoms with Gasteiger partial charge in [-0.2, -0.15) is 0 Å². The summed E-state index contributed by atoms with van der Waals surface area (Å²) >= 11 is 3.55. The van der Waals surface area contributed by atoms with Crippen LogP contribution < -0.4 is 5.73 Å². The molecule has 0 unspecified atom stereocenters. The van der Waals surface area contributed by atoms with E-state index in [1.54, 1.807) is 0 Å². The predicted molar refractivity (Wildman–Crippen MR) is 61.2 cm³/mol. The van der Waals surface area contributed by atoms with Crippen LogP contribution in [0.5, 0.6) is 0 Å². The van der Waals surface area contributed by atoms with Gasteiger partial charge in [-0.25, -0.2) is 4.98 Å². The minimum atomic E-state index is 0.671. The molecule has 74 valence electrons. The summed E-state index contributed by atoms with van der Waals surface area (Å²) in [6, 6.07) is 4.20. The molecule has 0 spiro atoms. The van der Waals surface area contributed by atoms with Gasteiger partial charge in [-0.1, -0.05) is 0 Å². The number of benzene rings is 1. The standard InChI is InChI=1S/C10H12BrN3/c1-14-6-13-9-5-7(2-3-12)4-8(11)10(9)14/h4-6H,2-3,12H2,1H3. The summed E-state index contributed by atoms with van der Waals surface area (Å²) in [5.41, 5.74) is 8.90. The highest BCUT2D eigenvalue weighted by Crippen LogP contribution is 2.24. The van der Waals surface area contributed by atoms with E-state index in [4.69, 9.17) is 5.73 Å². The van der Waals surface area contributed by atoms with Gasteiger partial charge in [0.1, 0.15) is 0 Å². The van der Waals surface area contributed by atoms with E-state index in [-0.39, 0.29) is 0 Å². The van der Waals surface area contributed by atoms with E-state index in [9.17, 15) is 0 Å². The second-order valence-electron chi connectivity index (χ2n) is 3.34. The van der Waals surface area contributed by atoms with Crippen molar-refractivity contribution in [2.75, 3.05) is 6.54 Å². The zero-order valence-electron chi connectivity index (χ0n) is 8.00. The second-order valence-corrected chi connectivity index (χ2v) is 4.19. The number of hydrogen-bond donors (Lipinski definition) is 1. The van der Waals surface area contributed by atoms with Crippen LogP contribution in [0.4, 0.5) is 0 Å². The number of imidazole rings is 1. The van der Waals surface area contributed by atoms with Crippen LogP contribution in [-0.4, -0.2) is 16.1 Å². The third-order valence-electron chi connectivity index (χ3n) is 2.26. The van der Waals surface area contributed by atoms with Crippen LogP contribution in [0.25, 0.3) is 11.0 Å². The molecule has 2 rings (SSSR count). The van der Waals surface area contributed by atoms with Crippen LogP contribution in [0.3, 0.4) is 0 Å². The summed E-state index contributed by atoms with van der Waals surface area (Å²) < 4.78 is 3.09. The summed E-state index contributed by atoms with van der Waals surface area (Å²) in [6.07, 6.45) is 2.72. The van der Waals surface area contributed by atoms with Gasteiger partial charge in [-0.05, 0) is 46.6 Å². The van der Waals surface area contributed by atoms with E-state index < -0.39 is 0 Å². The molecule has 1 aromatic heterocycles. The smallest absolute Gasteiger partial charge is 0.0955 e. The van der Waals surface area contributed by atoms with Gasteiger partial charge in [0, 0.05) is 11.5 Å². The molecule has 0 saturated carbocycles. The Morgan fingerprint density at radius 2 is 2.29 bits per heavy atom. The monoisotopic (exact) mass is 253 g/mol. The van der Waals surface area contributed by atoms with Crippen molar-refractivity contribution < 1.29 is 0 Å². The number of nitrogens with zero attached hydrogens (tertiary/aromatic N) is 2. The zero-order chi connectivity index (χ0) is 10.1. The third-order valence-corrected chi connectivity index (χ3v) is 2.86. The van der Waals surface area contributed by atoms with Crippen LogP contribution in [0.1, 0.15) is 5.56 Å². The maximum Gasteiger partial charge on any atom is 0.0955 e. The lowest BCUT2D eigenvalue weighted by atomic mass is 10.1. The van der Waals surface area contributed by atoms with Gasteiger partial charge in [0.15, 0.2) is 0 Å². The molecule has 0 radical (unpaired) electrons. The van der Waals surface area contributed by atoms with Crippen molar-refractivity contribution in [3.8, 4) is 0 Å². The first kappa shape index (κ1) is 9.68. The minimum Gasteiger partial charge on any atom is -0.333 e. The molecule has 3 nitrogen and oxygen atoms in total. The largest absolute Gasteiger partial charge is 0.333 e. The topological polar surface area (TPSA) is 43.8 Å². The molecule has 0 aliphatic carbocycles. The van der Waals surface area contributed by atoms with E-state index in [2.05, 4.69) is 33.0 Å². The number of aromatic nitrogens is 2. The van der Waals surface area contributed by atoms with Crippen molar-refractivity contribution in [2.24, 2.45) is 12.8 Å². The number of halogens is 1. The SMILES string of the molecule is Cn1cnc2cc(CCN)cc(Br)c21. The van der Waals surface area contributed by atoms with E-state index >= 15 is 0 Å². The Hall–Kier alpha value is -0.870. The number of fused-ring (bicyclic) bond motifs is 1. The lowest BCUT2D eigenvalue weighted by molar-refractivity contribution is 0.944. The summed E-state index contributed by atoms with van der Waals surface area (Å²) in [5, 5.41) is 0. The maximum absolute atomic E-state index is 5.52. The first-order valence-corrected chi connectivity index (χ1v) is 5.31. The van der Waals surface area contributed by atoms with Crippen LogP contribution in [-0.2, 0) is 13.5 Å². The predicted octanol–water partition coefficient (Wildman–Crippen LogP) is 1.84. The Morgan fingerprint density at radius 1 is 1.50 bits per heavy atom. The number of nitrogens with two attached hydrogens (primary N) is 1. The molecular formula is C10H12BrN3. The molecule has 14 heavy (non-hydrogen) atoms. The first-order valence-electron chi connectivity index (χ1n) is 4.52. The van der Waals surface area contributed by atoms with Crippen molar-refractivity contribution in [1.29, 1.82) is 0 Å². The van der Waals surface area contributed by atoms with Crippen LogP contribution >= 0.6 is 15.9 Å². The fraction of sp³-hybridized carbons (Fsp3) is 0.300. The summed E-state index contributed by atoms with van der Waals surface area (Å²) in [7, 11) is 1.99. The van der Waals surface area contributed by atoms with Gasteiger partial charge in [0.2, 0.25) is 0 Å². The summed E-state index contributed by atoms with van der Waals surface area (Å²) in [6.45, 7) is 0.671. The van der Waals surface area contributed by atoms with Gasteiger partial charge in [0.05, 0.1) is 17.4 Å². The average molecular weight is 254 g/mol. The molecule has 0 saturated heterocycles. The van der Waals surface area contributed by atoms with Crippen molar-refractivity contribution in [3.63, 3.8) is 0 Å². The highest BCUT2D eigenvalue weighted by Gasteiger charge is 2.05. The van der Waals surface area contributed by atoms with Crippen LogP contribution in [0.2, 0.25) is 0 Å². The van der Waals surface area contributed by atoms with Gasteiger partial charge >= 0.3 is 0 Å². The van der Waals surface area contributed by atoms with Crippen molar-refractivity contribution in [1.82, 2.24) is 9.55 Å². The van der Waals surface area contributed by atoms with E-state index in [0.717, 1.165) is 21.9 Å². The van der Waals surface area contributed by atoms with Gasteiger partial charge in [-0.15, -0.1) is 0 Å². The van der Waals surface area contributed by atoms with E-state index in [0.29, 0.717) is 6.54 Å². The van der Waals surface area contributed by atoms with E-state index in [1.807, 2.05) is 17.9 Å². The summed E-state index contributed by atoms with van der Waals surface area (Å²) in [5.74, 6) is 0. The number of hydrogen-bond acceptors (Lipinski definition) is 2. The Balaban J connectivity index is 2.62. The van der Waals surface area contributed by atoms with Crippen molar-refractivity contribution in [3.05, 3.63) is 28.5 Å².